The first-order valence-electron chi connectivity index (χ1n) is 6.63. The van der Waals surface area contributed by atoms with Crippen molar-refractivity contribution in [2.75, 3.05) is 24.6 Å². The number of aliphatic hydroxyl groups is 1. The second kappa shape index (κ2) is 5.14. The number of fused-ring (bicyclic) bond motifs is 1. The van der Waals surface area contributed by atoms with Crippen LogP contribution in [-0.2, 0) is 6.18 Å². The van der Waals surface area contributed by atoms with Crippen LogP contribution >= 0.6 is 0 Å². The molecule has 6 nitrogen and oxygen atoms in total. The van der Waals surface area contributed by atoms with Gasteiger partial charge in [0.2, 0.25) is 0 Å². The first-order chi connectivity index (χ1) is 9.99. The van der Waals surface area contributed by atoms with Crippen LogP contribution in [0.25, 0.3) is 5.78 Å². The third kappa shape index (κ3) is 2.65. The highest BCUT2D eigenvalue weighted by atomic mass is 19.4. The summed E-state index contributed by atoms with van der Waals surface area (Å²) in [4.78, 5) is 9.04. The van der Waals surface area contributed by atoms with Gasteiger partial charge in [0.1, 0.15) is 12.1 Å². The largest absolute Gasteiger partial charge is 0.433 e. The van der Waals surface area contributed by atoms with E-state index in [1.807, 2.05) is 0 Å². The molecule has 0 spiro atoms. The minimum Gasteiger partial charge on any atom is -0.396 e. The second-order valence-electron chi connectivity index (χ2n) is 5.11. The lowest BCUT2D eigenvalue weighted by Crippen LogP contribution is -2.38. The topological polar surface area (TPSA) is 66.5 Å². The maximum Gasteiger partial charge on any atom is 0.433 e. The van der Waals surface area contributed by atoms with Gasteiger partial charge in [-0.1, -0.05) is 0 Å². The number of nitrogens with zero attached hydrogens (tertiary/aromatic N) is 5. The lowest BCUT2D eigenvalue weighted by Gasteiger charge is -2.33. The third-order valence-corrected chi connectivity index (χ3v) is 3.62. The van der Waals surface area contributed by atoms with E-state index in [4.69, 9.17) is 0 Å². The highest BCUT2D eigenvalue weighted by Gasteiger charge is 2.35. The number of piperidine rings is 1. The number of aliphatic hydroxyl groups excluding tert-OH is 1. The summed E-state index contributed by atoms with van der Waals surface area (Å²) in [5, 5.41) is 13.2. The van der Waals surface area contributed by atoms with E-state index in [1.165, 1.54) is 10.8 Å². The van der Waals surface area contributed by atoms with Gasteiger partial charge in [0, 0.05) is 25.8 Å². The number of hydrogen-bond acceptors (Lipinski definition) is 5. The van der Waals surface area contributed by atoms with Crippen molar-refractivity contribution in [1.82, 2.24) is 19.6 Å². The zero-order valence-electron chi connectivity index (χ0n) is 11.1. The number of anilines is 1. The molecule has 0 aliphatic carbocycles. The van der Waals surface area contributed by atoms with Gasteiger partial charge in [0.15, 0.2) is 5.69 Å². The Bertz CT molecular complexity index is 641. The monoisotopic (exact) mass is 301 g/mol. The number of hydrogen-bond donors (Lipinski definition) is 1. The van der Waals surface area contributed by atoms with Crippen LogP contribution < -0.4 is 4.90 Å². The summed E-state index contributed by atoms with van der Waals surface area (Å²) in [6, 6.07) is 0.988. The standard InChI is InChI=1S/C12H14F3N5O/c13-12(14,15)9-4-10(20-11(18-9)16-7-17-20)19-3-1-2-8(5-19)6-21/h4,7-8,21H,1-3,5-6H2/t8-/m0/s1. The van der Waals surface area contributed by atoms with Gasteiger partial charge >= 0.3 is 6.18 Å². The van der Waals surface area contributed by atoms with Gasteiger partial charge in [0.25, 0.3) is 5.78 Å². The summed E-state index contributed by atoms with van der Waals surface area (Å²) in [7, 11) is 0. The fraction of sp³-hybridized carbons (Fsp3) is 0.583. The third-order valence-electron chi connectivity index (χ3n) is 3.62. The van der Waals surface area contributed by atoms with Crippen LogP contribution in [-0.4, -0.2) is 44.4 Å². The summed E-state index contributed by atoms with van der Waals surface area (Å²) >= 11 is 0. The Hall–Kier alpha value is -1.90. The van der Waals surface area contributed by atoms with Crippen molar-refractivity contribution in [3.8, 4) is 0 Å². The van der Waals surface area contributed by atoms with Gasteiger partial charge in [-0.25, -0.2) is 4.98 Å². The molecule has 21 heavy (non-hydrogen) atoms. The predicted octanol–water partition coefficient (Wildman–Crippen LogP) is 1.35. The quantitative estimate of drug-likeness (QED) is 0.907. The van der Waals surface area contributed by atoms with E-state index in [9.17, 15) is 18.3 Å². The summed E-state index contributed by atoms with van der Waals surface area (Å²) in [6.45, 7) is 1.13. The maximum absolute atomic E-state index is 12.9. The van der Waals surface area contributed by atoms with Crippen molar-refractivity contribution < 1.29 is 18.3 Å². The molecule has 3 heterocycles. The molecule has 0 saturated carbocycles. The van der Waals surface area contributed by atoms with Crippen molar-refractivity contribution in [1.29, 1.82) is 0 Å². The molecule has 1 aliphatic heterocycles. The first-order valence-corrected chi connectivity index (χ1v) is 6.63. The average Bonchev–Trinajstić information content (AvgIpc) is 2.93. The van der Waals surface area contributed by atoms with Crippen molar-refractivity contribution >= 4 is 11.6 Å². The SMILES string of the molecule is OC[C@H]1CCCN(c2cc(C(F)(F)F)nc3ncnn23)C1. The lowest BCUT2D eigenvalue weighted by atomic mass is 9.99. The molecular weight excluding hydrogens is 287 g/mol. The zero-order chi connectivity index (χ0) is 15.0. The van der Waals surface area contributed by atoms with Crippen LogP contribution in [0.5, 0.6) is 0 Å². The molecule has 0 amide bonds. The van der Waals surface area contributed by atoms with Gasteiger partial charge in [0.05, 0.1) is 0 Å². The molecule has 2 aromatic heterocycles. The summed E-state index contributed by atoms with van der Waals surface area (Å²) in [5.41, 5.74) is -0.982. The molecule has 1 N–H and O–H groups in total. The fourth-order valence-electron chi connectivity index (χ4n) is 2.59. The van der Waals surface area contributed by atoms with Crippen LogP contribution in [0.3, 0.4) is 0 Å². The van der Waals surface area contributed by atoms with Crippen LogP contribution in [0, 0.1) is 5.92 Å². The molecule has 0 aromatic carbocycles. The molecule has 9 heteroatoms. The molecule has 0 unspecified atom stereocenters. The van der Waals surface area contributed by atoms with Crippen molar-refractivity contribution in [2.45, 2.75) is 19.0 Å². The molecule has 0 radical (unpaired) electrons. The van der Waals surface area contributed by atoms with Gasteiger partial charge < -0.3 is 10.0 Å². The van der Waals surface area contributed by atoms with Gasteiger partial charge in [-0.05, 0) is 18.8 Å². The van der Waals surface area contributed by atoms with Crippen LogP contribution in [0.15, 0.2) is 12.4 Å². The van der Waals surface area contributed by atoms with Gasteiger partial charge in [-0.3, -0.25) is 0 Å². The number of halogens is 3. The normalized spacial score (nSPS) is 20.2. The summed E-state index contributed by atoms with van der Waals surface area (Å²) in [5.74, 6) is 0.286. The van der Waals surface area contributed by atoms with E-state index < -0.39 is 11.9 Å². The van der Waals surface area contributed by atoms with Gasteiger partial charge in [-0.2, -0.15) is 27.8 Å². The number of aromatic nitrogens is 4. The minimum absolute atomic E-state index is 0.0220. The Kier molecular flexibility index (Phi) is 3.44. The Balaban J connectivity index is 2.05. The van der Waals surface area contributed by atoms with Crippen LogP contribution in [0.1, 0.15) is 18.5 Å². The van der Waals surface area contributed by atoms with E-state index in [0.717, 1.165) is 18.9 Å². The molecule has 0 bridgehead atoms. The van der Waals surface area contributed by atoms with E-state index >= 15 is 0 Å². The maximum atomic E-state index is 12.9. The minimum atomic E-state index is -4.53. The molecule has 1 saturated heterocycles. The van der Waals surface area contributed by atoms with E-state index in [0.29, 0.717) is 18.9 Å². The van der Waals surface area contributed by atoms with Crippen molar-refractivity contribution in [3.05, 3.63) is 18.1 Å². The molecule has 3 rings (SSSR count). The highest BCUT2D eigenvalue weighted by molar-refractivity contribution is 5.48. The van der Waals surface area contributed by atoms with Crippen molar-refractivity contribution in [2.24, 2.45) is 5.92 Å². The summed E-state index contributed by atoms with van der Waals surface area (Å²) in [6.07, 6.45) is -1.68. The zero-order valence-corrected chi connectivity index (χ0v) is 11.1. The smallest absolute Gasteiger partial charge is 0.396 e. The van der Waals surface area contributed by atoms with E-state index in [-0.39, 0.29) is 18.3 Å². The first kappa shape index (κ1) is 14.1. The van der Waals surface area contributed by atoms with Crippen LogP contribution in [0.2, 0.25) is 0 Å². The molecule has 114 valence electrons. The lowest BCUT2D eigenvalue weighted by molar-refractivity contribution is -0.141. The molecule has 1 aliphatic rings. The van der Waals surface area contributed by atoms with E-state index in [1.54, 1.807) is 4.90 Å². The van der Waals surface area contributed by atoms with E-state index in [2.05, 4.69) is 15.1 Å². The summed E-state index contributed by atoms with van der Waals surface area (Å²) < 4.78 is 40.1. The second-order valence-corrected chi connectivity index (χ2v) is 5.11. The highest BCUT2D eigenvalue weighted by Crippen LogP contribution is 2.31. The average molecular weight is 301 g/mol. The molecular formula is C12H14F3N5O. The Morgan fingerprint density at radius 2 is 2.19 bits per heavy atom. The van der Waals surface area contributed by atoms with Crippen LogP contribution in [0.4, 0.5) is 19.0 Å². The Morgan fingerprint density at radius 3 is 2.90 bits per heavy atom. The molecule has 1 atom stereocenters. The predicted molar refractivity (Wildman–Crippen MR) is 67.8 cm³/mol. The molecule has 2 aromatic rings. The number of alkyl halides is 3. The Morgan fingerprint density at radius 1 is 1.38 bits per heavy atom. The van der Waals surface area contributed by atoms with Gasteiger partial charge in [-0.15, -0.1) is 0 Å². The molecule has 1 fully saturated rings. The van der Waals surface area contributed by atoms with Crippen molar-refractivity contribution in [3.63, 3.8) is 0 Å². The Labute approximate surface area is 118 Å². The fourth-order valence-corrected chi connectivity index (χ4v) is 2.59. The number of rotatable bonds is 2.